The lowest BCUT2D eigenvalue weighted by Crippen LogP contribution is -2.32. The molecule has 0 atom stereocenters. The minimum atomic E-state index is -3.61. The zero-order valence-corrected chi connectivity index (χ0v) is 18.5. The zero-order valence-electron chi connectivity index (χ0n) is 17.7. The predicted octanol–water partition coefficient (Wildman–Crippen LogP) is 1.37. The Kier molecular flexibility index (Phi) is 7.16. The van der Waals surface area contributed by atoms with E-state index in [1.165, 1.54) is 62.2 Å². The summed E-state index contributed by atoms with van der Waals surface area (Å²) in [5, 5.41) is 2.52. The molecule has 1 heterocycles. The molecule has 10 heteroatoms. The second-order valence-corrected chi connectivity index (χ2v) is 8.95. The number of rotatable bonds is 7. The SMILES string of the molecule is CCN(CC)C(=O)c1cc(NC(=O)c2ccc(S(=O)(=O)N(C)C)cc2)c(=O)n(C)c1. The minimum Gasteiger partial charge on any atom is -0.339 e. The first-order valence-electron chi connectivity index (χ1n) is 9.36. The van der Waals surface area contributed by atoms with Gasteiger partial charge in [-0.3, -0.25) is 14.4 Å². The monoisotopic (exact) mass is 434 g/mol. The highest BCUT2D eigenvalue weighted by atomic mass is 32.2. The van der Waals surface area contributed by atoms with Crippen molar-refractivity contribution in [3.05, 3.63) is 58.0 Å². The topological polar surface area (TPSA) is 109 Å². The highest BCUT2D eigenvalue weighted by Gasteiger charge is 2.19. The molecule has 2 rings (SSSR count). The molecule has 0 aliphatic heterocycles. The number of hydrogen-bond donors (Lipinski definition) is 1. The first-order valence-corrected chi connectivity index (χ1v) is 10.8. The Bertz CT molecular complexity index is 1100. The standard InChI is InChI=1S/C20H26N4O5S/c1-6-24(7-2)19(26)15-12-17(20(27)23(5)13-15)21-18(25)14-8-10-16(11-9-14)30(28,29)22(3)4/h8-13H,6-7H2,1-5H3,(H,21,25). The molecule has 0 saturated heterocycles. The van der Waals surface area contributed by atoms with Gasteiger partial charge in [0.15, 0.2) is 0 Å². The van der Waals surface area contributed by atoms with Gasteiger partial charge < -0.3 is 14.8 Å². The van der Waals surface area contributed by atoms with Gasteiger partial charge >= 0.3 is 0 Å². The lowest BCUT2D eigenvalue weighted by molar-refractivity contribution is 0.0771. The summed E-state index contributed by atoms with van der Waals surface area (Å²) in [6, 6.07) is 6.72. The van der Waals surface area contributed by atoms with Crippen LogP contribution in [0.2, 0.25) is 0 Å². The first-order chi connectivity index (χ1) is 14.0. The van der Waals surface area contributed by atoms with Crippen molar-refractivity contribution in [2.24, 2.45) is 7.05 Å². The van der Waals surface area contributed by atoms with Crippen molar-refractivity contribution in [1.29, 1.82) is 0 Å². The van der Waals surface area contributed by atoms with Crippen LogP contribution in [0.1, 0.15) is 34.6 Å². The molecule has 1 N–H and O–H groups in total. The van der Waals surface area contributed by atoms with Gasteiger partial charge in [0.2, 0.25) is 10.0 Å². The van der Waals surface area contributed by atoms with Crippen LogP contribution in [0.4, 0.5) is 5.69 Å². The van der Waals surface area contributed by atoms with E-state index < -0.39 is 21.5 Å². The minimum absolute atomic E-state index is 0.0366. The lowest BCUT2D eigenvalue weighted by Gasteiger charge is -2.19. The van der Waals surface area contributed by atoms with Crippen molar-refractivity contribution in [3.8, 4) is 0 Å². The smallest absolute Gasteiger partial charge is 0.274 e. The maximum atomic E-state index is 12.6. The van der Waals surface area contributed by atoms with E-state index in [2.05, 4.69) is 5.32 Å². The molecule has 0 spiro atoms. The van der Waals surface area contributed by atoms with E-state index in [0.717, 1.165) is 4.31 Å². The maximum Gasteiger partial charge on any atom is 0.274 e. The number of aryl methyl sites for hydroxylation is 1. The van der Waals surface area contributed by atoms with Crippen LogP contribution in [0.25, 0.3) is 0 Å². The second-order valence-electron chi connectivity index (χ2n) is 6.80. The summed E-state index contributed by atoms with van der Waals surface area (Å²) in [6.07, 6.45) is 1.43. The molecule has 0 saturated carbocycles. The average molecular weight is 435 g/mol. The Morgan fingerprint density at radius 2 is 1.60 bits per heavy atom. The highest BCUT2D eigenvalue weighted by molar-refractivity contribution is 7.89. The van der Waals surface area contributed by atoms with Crippen LogP contribution in [0, 0.1) is 0 Å². The fraction of sp³-hybridized carbons (Fsp3) is 0.350. The van der Waals surface area contributed by atoms with Crippen molar-refractivity contribution >= 4 is 27.5 Å². The number of carbonyl (C=O) groups is 2. The Hall–Kier alpha value is -2.98. The Labute approximate surface area is 176 Å². The molecule has 30 heavy (non-hydrogen) atoms. The molecule has 2 aromatic rings. The summed E-state index contributed by atoms with van der Waals surface area (Å²) in [5.41, 5.74) is -0.0458. The van der Waals surface area contributed by atoms with Gasteiger partial charge in [0.25, 0.3) is 17.4 Å². The molecule has 0 unspecified atom stereocenters. The van der Waals surface area contributed by atoms with E-state index >= 15 is 0 Å². The molecular weight excluding hydrogens is 408 g/mol. The maximum absolute atomic E-state index is 12.6. The van der Waals surface area contributed by atoms with Crippen LogP contribution in [0.15, 0.2) is 46.2 Å². The number of nitrogens with zero attached hydrogens (tertiary/aromatic N) is 3. The molecule has 1 aromatic heterocycles. The number of anilines is 1. The highest BCUT2D eigenvalue weighted by Crippen LogP contribution is 2.15. The van der Waals surface area contributed by atoms with Crippen molar-refractivity contribution in [3.63, 3.8) is 0 Å². The molecular formula is C20H26N4O5S. The van der Waals surface area contributed by atoms with Crippen molar-refractivity contribution in [2.45, 2.75) is 18.7 Å². The molecule has 1 aromatic carbocycles. The van der Waals surface area contributed by atoms with Gasteiger partial charge in [0.05, 0.1) is 10.5 Å². The number of carbonyl (C=O) groups excluding carboxylic acids is 2. The van der Waals surface area contributed by atoms with Crippen molar-refractivity contribution in [2.75, 3.05) is 32.5 Å². The van der Waals surface area contributed by atoms with Crippen LogP contribution < -0.4 is 10.9 Å². The van der Waals surface area contributed by atoms with Crippen LogP contribution in [0.3, 0.4) is 0 Å². The van der Waals surface area contributed by atoms with Crippen LogP contribution in [0.5, 0.6) is 0 Å². The van der Waals surface area contributed by atoms with Gasteiger partial charge in [-0.2, -0.15) is 0 Å². The quantitative estimate of drug-likeness (QED) is 0.708. The van der Waals surface area contributed by atoms with Gasteiger partial charge in [0.1, 0.15) is 5.69 Å². The van der Waals surface area contributed by atoms with Crippen molar-refractivity contribution in [1.82, 2.24) is 13.8 Å². The summed E-state index contributed by atoms with van der Waals surface area (Å²) in [5.74, 6) is -0.835. The van der Waals surface area contributed by atoms with E-state index in [1.54, 1.807) is 4.90 Å². The third kappa shape index (κ3) is 4.77. The largest absolute Gasteiger partial charge is 0.339 e. The normalized spacial score (nSPS) is 11.4. The molecule has 0 aliphatic rings. The fourth-order valence-corrected chi connectivity index (χ4v) is 3.70. The average Bonchev–Trinajstić information content (AvgIpc) is 2.71. The molecule has 0 fully saturated rings. The summed E-state index contributed by atoms with van der Waals surface area (Å²) in [6.45, 7) is 4.74. The Morgan fingerprint density at radius 3 is 2.10 bits per heavy atom. The molecule has 0 bridgehead atoms. The lowest BCUT2D eigenvalue weighted by atomic mass is 10.2. The van der Waals surface area contributed by atoms with Crippen LogP contribution in [-0.2, 0) is 17.1 Å². The third-order valence-corrected chi connectivity index (χ3v) is 6.45. The fourth-order valence-electron chi connectivity index (χ4n) is 2.80. The predicted molar refractivity (Wildman–Crippen MR) is 114 cm³/mol. The molecule has 9 nitrogen and oxygen atoms in total. The number of pyridine rings is 1. The second kappa shape index (κ2) is 9.23. The number of hydrogen-bond acceptors (Lipinski definition) is 5. The molecule has 0 aliphatic carbocycles. The van der Waals surface area contributed by atoms with Gasteiger partial charge in [-0.1, -0.05) is 0 Å². The van der Waals surface area contributed by atoms with Gasteiger partial charge in [-0.25, -0.2) is 12.7 Å². The van der Waals surface area contributed by atoms with E-state index in [4.69, 9.17) is 0 Å². The molecule has 2 amide bonds. The third-order valence-electron chi connectivity index (χ3n) is 4.62. The summed E-state index contributed by atoms with van der Waals surface area (Å²) in [7, 11) is 0.715. The molecule has 162 valence electrons. The Balaban J connectivity index is 2.33. The Morgan fingerprint density at radius 1 is 1.03 bits per heavy atom. The van der Waals surface area contributed by atoms with Crippen LogP contribution >= 0.6 is 0 Å². The molecule has 0 radical (unpaired) electrons. The van der Waals surface area contributed by atoms with Gasteiger partial charge in [0, 0.05) is 46.0 Å². The van der Waals surface area contributed by atoms with E-state index in [1.807, 2.05) is 13.8 Å². The van der Waals surface area contributed by atoms with Crippen LogP contribution in [-0.4, -0.2) is 61.2 Å². The number of aromatic nitrogens is 1. The van der Waals surface area contributed by atoms with Gasteiger partial charge in [-0.15, -0.1) is 0 Å². The summed E-state index contributed by atoms with van der Waals surface area (Å²) < 4.78 is 26.6. The zero-order chi connectivity index (χ0) is 22.6. The summed E-state index contributed by atoms with van der Waals surface area (Å²) >= 11 is 0. The number of nitrogens with one attached hydrogen (secondary N) is 1. The first kappa shape index (κ1) is 23.3. The summed E-state index contributed by atoms with van der Waals surface area (Å²) in [4.78, 5) is 39.3. The van der Waals surface area contributed by atoms with E-state index in [0.29, 0.717) is 13.1 Å². The number of benzene rings is 1. The van der Waals surface area contributed by atoms with Gasteiger partial charge in [-0.05, 0) is 44.2 Å². The van der Waals surface area contributed by atoms with E-state index in [-0.39, 0.29) is 27.6 Å². The number of amides is 2. The van der Waals surface area contributed by atoms with E-state index in [9.17, 15) is 22.8 Å². The van der Waals surface area contributed by atoms with Crippen molar-refractivity contribution < 1.29 is 18.0 Å². The number of sulfonamides is 1.